The van der Waals surface area contributed by atoms with Crippen LogP contribution in [-0.4, -0.2) is 58.9 Å². The van der Waals surface area contributed by atoms with E-state index in [1.807, 2.05) is 37.3 Å². The fourth-order valence-corrected chi connectivity index (χ4v) is 3.51. The number of benzene rings is 1. The maximum absolute atomic E-state index is 13.1. The predicted molar refractivity (Wildman–Crippen MR) is 134 cm³/mol. The lowest BCUT2D eigenvalue weighted by Gasteiger charge is -2.29. The van der Waals surface area contributed by atoms with Gasteiger partial charge in [-0.2, -0.15) is 0 Å². The van der Waals surface area contributed by atoms with E-state index in [0.717, 1.165) is 5.56 Å². The number of nitrogens with two attached hydrogens (primary N) is 2. The number of carbonyl (C=O) groups excluding carboxylic acids is 4. The predicted octanol–water partition coefficient (Wildman–Crippen LogP) is 0.0630. The summed E-state index contributed by atoms with van der Waals surface area (Å²) in [5.74, 6) is -4.47. The molecule has 0 aliphatic rings. The average molecular weight is 506 g/mol. The minimum atomic E-state index is -1.34. The Hall–Kier alpha value is -3.47. The highest BCUT2D eigenvalue weighted by Crippen LogP contribution is 2.12. The Labute approximate surface area is 211 Å². The Morgan fingerprint density at radius 2 is 1.44 bits per heavy atom. The molecule has 0 saturated carbocycles. The first-order valence-electron chi connectivity index (χ1n) is 12.1. The van der Waals surface area contributed by atoms with E-state index in [2.05, 4.69) is 16.0 Å². The number of nitrogens with one attached hydrogen (secondary N) is 3. The minimum absolute atomic E-state index is 0.179. The second-order valence-electron chi connectivity index (χ2n) is 9.30. The lowest BCUT2D eigenvalue weighted by Crippen LogP contribution is -2.60. The molecule has 4 amide bonds. The Balaban J connectivity index is 2.94. The maximum atomic E-state index is 13.1. The number of hydrogen-bond donors (Lipinski definition) is 6. The van der Waals surface area contributed by atoms with Gasteiger partial charge in [0.1, 0.15) is 18.1 Å². The third-order valence-electron chi connectivity index (χ3n) is 5.97. The first-order valence-corrected chi connectivity index (χ1v) is 12.1. The molecule has 200 valence electrons. The zero-order valence-corrected chi connectivity index (χ0v) is 21.3. The van der Waals surface area contributed by atoms with Crippen molar-refractivity contribution in [3.8, 4) is 0 Å². The van der Waals surface area contributed by atoms with Gasteiger partial charge >= 0.3 is 5.97 Å². The van der Waals surface area contributed by atoms with Gasteiger partial charge in [-0.1, -0.05) is 64.4 Å². The van der Waals surface area contributed by atoms with Gasteiger partial charge in [0, 0.05) is 6.42 Å². The topological polar surface area (TPSA) is 194 Å². The van der Waals surface area contributed by atoms with Crippen molar-refractivity contribution in [3.63, 3.8) is 0 Å². The molecule has 1 rings (SSSR count). The summed E-state index contributed by atoms with van der Waals surface area (Å²) in [5, 5.41) is 17.1. The van der Waals surface area contributed by atoms with Crippen LogP contribution in [0.2, 0.25) is 0 Å². The molecule has 11 heteroatoms. The van der Waals surface area contributed by atoms with Crippen molar-refractivity contribution in [2.24, 2.45) is 23.3 Å². The quantitative estimate of drug-likeness (QED) is 0.194. The number of carbonyl (C=O) groups is 5. The SMILES string of the molecule is CCC(C)C(NC(=O)C(NC(=O)C(N)Cc1ccccc1)C(C)C)C(=O)NC(CCC(N)=O)C(=O)O. The lowest BCUT2D eigenvalue weighted by atomic mass is 9.95. The van der Waals surface area contributed by atoms with Crippen LogP contribution in [0.5, 0.6) is 0 Å². The van der Waals surface area contributed by atoms with E-state index in [9.17, 15) is 29.1 Å². The number of hydrogen-bond acceptors (Lipinski definition) is 6. The van der Waals surface area contributed by atoms with Crippen molar-refractivity contribution >= 4 is 29.6 Å². The summed E-state index contributed by atoms with van der Waals surface area (Å²) in [5.41, 5.74) is 12.0. The van der Waals surface area contributed by atoms with Gasteiger partial charge in [0.15, 0.2) is 0 Å². The Bertz CT molecular complexity index is 907. The monoisotopic (exact) mass is 505 g/mol. The van der Waals surface area contributed by atoms with Gasteiger partial charge in [-0.25, -0.2) is 4.79 Å². The van der Waals surface area contributed by atoms with Crippen LogP contribution >= 0.6 is 0 Å². The molecule has 0 radical (unpaired) electrons. The minimum Gasteiger partial charge on any atom is -0.480 e. The molecule has 36 heavy (non-hydrogen) atoms. The van der Waals surface area contributed by atoms with E-state index >= 15 is 0 Å². The van der Waals surface area contributed by atoms with Crippen molar-refractivity contribution in [1.82, 2.24) is 16.0 Å². The molecule has 5 atom stereocenters. The second kappa shape index (κ2) is 14.8. The van der Waals surface area contributed by atoms with Crippen LogP contribution in [0.15, 0.2) is 30.3 Å². The zero-order valence-electron chi connectivity index (χ0n) is 21.3. The molecule has 11 nitrogen and oxygen atoms in total. The standard InChI is InChI=1S/C25H39N5O6/c1-5-15(4)21(24(34)28-18(25(35)36)11-12-19(27)31)30-23(33)20(14(2)3)29-22(32)17(26)13-16-9-7-6-8-10-16/h6-10,14-15,17-18,20-21H,5,11-13,26H2,1-4H3,(H2,27,31)(H,28,34)(H,29,32)(H,30,33)(H,35,36). The van der Waals surface area contributed by atoms with Gasteiger partial charge in [0.25, 0.3) is 0 Å². The number of aliphatic carboxylic acids is 1. The van der Waals surface area contributed by atoms with Crippen molar-refractivity contribution in [1.29, 1.82) is 0 Å². The molecule has 0 aromatic heterocycles. The largest absolute Gasteiger partial charge is 0.480 e. The van der Waals surface area contributed by atoms with Gasteiger partial charge in [0.05, 0.1) is 6.04 Å². The molecule has 0 fully saturated rings. The molecular formula is C25H39N5O6. The summed E-state index contributed by atoms with van der Waals surface area (Å²) in [4.78, 5) is 61.4. The number of carboxylic acid groups (broad SMARTS) is 1. The highest BCUT2D eigenvalue weighted by atomic mass is 16.4. The molecule has 0 bridgehead atoms. The molecule has 0 heterocycles. The summed E-state index contributed by atoms with van der Waals surface area (Å²) < 4.78 is 0. The number of amides is 4. The molecule has 0 aliphatic heterocycles. The van der Waals surface area contributed by atoms with E-state index in [-0.39, 0.29) is 24.7 Å². The molecule has 0 spiro atoms. The van der Waals surface area contributed by atoms with Crippen LogP contribution in [0.25, 0.3) is 0 Å². The van der Waals surface area contributed by atoms with Crippen molar-refractivity contribution < 1.29 is 29.1 Å². The van der Waals surface area contributed by atoms with Crippen LogP contribution in [-0.2, 0) is 30.4 Å². The zero-order chi connectivity index (χ0) is 27.4. The van der Waals surface area contributed by atoms with E-state index in [4.69, 9.17) is 11.5 Å². The first kappa shape index (κ1) is 30.6. The Kier molecular flexibility index (Phi) is 12.6. The van der Waals surface area contributed by atoms with Gasteiger partial charge in [-0.15, -0.1) is 0 Å². The summed E-state index contributed by atoms with van der Waals surface area (Å²) in [6.45, 7) is 7.05. The molecule has 1 aromatic carbocycles. The number of primary amides is 1. The summed E-state index contributed by atoms with van der Waals surface area (Å²) >= 11 is 0. The third-order valence-corrected chi connectivity index (χ3v) is 5.97. The summed E-state index contributed by atoms with van der Waals surface area (Å²) in [6, 6.07) is 4.99. The summed E-state index contributed by atoms with van der Waals surface area (Å²) in [6.07, 6.45) is 0.404. The van der Waals surface area contributed by atoms with Crippen LogP contribution in [0.1, 0.15) is 52.5 Å². The molecule has 5 unspecified atom stereocenters. The normalized spacial score (nSPS) is 15.2. The van der Waals surface area contributed by atoms with E-state index in [1.54, 1.807) is 20.8 Å². The van der Waals surface area contributed by atoms with E-state index < -0.39 is 53.8 Å². The highest BCUT2D eigenvalue weighted by Gasteiger charge is 2.33. The van der Waals surface area contributed by atoms with Crippen molar-refractivity contribution in [2.45, 2.75) is 77.5 Å². The fourth-order valence-electron chi connectivity index (χ4n) is 3.51. The maximum Gasteiger partial charge on any atom is 0.326 e. The molecule has 1 aromatic rings. The van der Waals surface area contributed by atoms with Gasteiger partial charge in [-0.3, -0.25) is 19.2 Å². The van der Waals surface area contributed by atoms with Gasteiger partial charge < -0.3 is 32.5 Å². The first-order chi connectivity index (χ1) is 16.9. The van der Waals surface area contributed by atoms with Crippen LogP contribution < -0.4 is 27.4 Å². The van der Waals surface area contributed by atoms with E-state index in [0.29, 0.717) is 12.8 Å². The van der Waals surface area contributed by atoms with Crippen molar-refractivity contribution in [2.75, 3.05) is 0 Å². The van der Waals surface area contributed by atoms with Gasteiger partial charge in [0.2, 0.25) is 23.6 Å². The highest BCUT2D eigenvalue weighted by molar-refractivity contribution is 5.94. The van der Waals surface area contributed by atoms with Crippen LogP contribution in [0.3, 0.4) is 0 Å². The van der Waals surface area contributed by atoms with E-state index in [1.165, 1.54) is 0 Å². The van der Waals surface area contributed by atoms with Gasteiger partial charge in [-0.05, 0) is 30.2 Å². The second-order valence-corrected chi connectivity index (χ2v) is 9.30. The molecule has 0 saturated heterocycles. The average Bonchev–Trinajstić information content (AvgIpc) is 2.82. The third kappa shape index (κ3) is 10.0. The number of rotatable bonds is 15. The molecule has 0 aliphatic carbocycles. The van der Waals surface area contributed by atoms with Crippen molar-refractivity contribution in [3.05, 3.63) is 35.9 Å². The molecule has 8 N–H and O–H groups in total. The fraction of sp³-hybridized carbons (Fsp3) is 0.560. The lowest BCUT2D eigenvalue weighted by molar-refractivity contribution is -0.143. The van der Waals surface area contributed by atoms with Crippen LogP contribution in [0, 0.1) is 11.8 Å². The summed E-state index contributed by atoms with van der Waals surface area (Å²) in [7, 11) is 0. The molecular weight excluding hydrogens is 466 g/mol. The smallest absolute Gasteiger partial charge is 0.326 e. The Morgan fingerprint density at radius 1 is 0.889 bits per heavy atom. The van der Waals surface area contributed by atoms with Crippen LogP contribution in [0.4, 0.5) is 0 Å². The number of carboxylic acids is 1. The Morgan fingerprint density at radius 3 is 1.94 bits per heavy atom.